The molecule has 6 heteroatoms. The monoisotopic (exact) mass is 500 g/mol. The molecule has 1 heterocycles. The van der Waals surface area contributed by atoms with E-state index in [1.54, 1.807) is 12.1 Å². The van der Waals surface area contributed by atoms with E-state index in [4.69, 9.17) is 16.3 Å². The largest absolute Gasteiger partial charge is 0.394 e. The van der Waals surface area contributed by atoms with Crippen molar-refractivity contribution in [3.05, 3.63) is 69.7 Å². The van der Waals surface area contributed by atoms with Crippen LogP contribution < -0.4 is 0 Å². The summed E-state index contributed by atoms with van der Waals surface area (Å²) in [6, 6.07) is 14.3. The second-order valence-corrected chi connectivity index (χ2v) is 11.4. The van der Waals surface area contributed by atoms with Crippen molar-refractivity contribution in [2.24, 2.45) is 5.41 Å². The fourth-order valence-corrected chi connectivity index (χ4v) is 6.78. The van der Waals surface area contributed by atoms with Gasteiger partial charge in [0.1, 0.15) is 30.5 Å². The van der Waals surface area contributed by atoms with E-state index in [-0.39, 0.29) is 0 Å². The van der Waals surface area contributed by atoms with Crippen molar-refractivity contribution in [1.29, 1.82) is 0 Å². The molecular weight excluding hydrogens is 464 g/mol. The molecule has 0 aromatic heterocycles. The third kappa shape index (κ3) is 5.18. The Hall–Kier alpha value is -1.47. The van der Waals surface area contributed by atoms with Gasteiger partial charge in [0.15, 0.2) is 0 Å². The highest BCUT2D eigenvalue weighted by atomic mass is 35.5. The molecule has 3 aliphatic rings. The van der Waals surface area contributed by atoms with Crippen LogP contribution >= 0.6 is 11.6 Å². The van der Waals surface area contributed by atoms with Gasteiger partial charge in [-0.15, -0.1) is 0 Å². The summed E-state index contributed by atoms with van der Waals surface area (Å²) in [7, 11) is 0. The molecule has 2 aliphatic carbocycles. The molecule has 5 rings (SSSR count). The normalized spacial score (nSPS) is 31.2. The highest BCUT2D eigenvalue weighted by Crippen LogP contribution is 2.52. The predicted octanol–water partition coefficient (Wildman–Crippen LogP) is 4.66. The zero-order chi connectivity index (χ0) is 24.6. The fourth-order valence-electron chi connectivity index (χ4n) is 6.60. The lowest BCUT2D eigenvalue weighted by Crippen LogP contribution is -2.55. The Labute approximate surface area is 212 Å². The molecule has 2 saturated carbocycles. The lowest BCUT2D eigenvalue weighted by Gasteiger charge is -2.40. The van der Waals surface area contributed by atoms with Crippen LogP contribution in [0.5, 0.6) is 0 Å². The van der Waals surface area contributed by atoms with Crippen LogP contribution in [0.3, 0.4) is 0 Å². The lowest BCUT2D eigenvalue weighted by atomic mass is 9.68. The van der Waals surface area contributed by atoms with E-state index in [9.17, 15) is 20.4 Å². The number of hydrogen-bond acceptors (Lipinski definition) is 5. The molecule has 5 atom stereocenters. The molecule has 1 spiro atoms. The topological polar surface area (TPSA) is 90.2 Å². The van der Waals surface area contributed by atoms with E-state index in [1.165, 1.54) is 56.9 Å². The summed E-state index contributed by atoms with van der Waals surface area (Å²) in [5.74, 6) is 0.661. The van der Waals surface area contributed by atoms with E-state index in [0.717, 1.165) is 11.1 Å². The summed E-state index contributed by atoms with van der Waals surface area (Å²) in [5, 5.41) is 40.8. The number of aliphatic hydroxyl groups is 4. The standard InChI is InChI=1S/C29H37ClO5/c30-23-8-7-21(28-27(34)26(33)25(32)24(17-31)35-28)16-22(23)15-18-3-5-19(6-4-18)20-9-13-29(14-10-20)11-1-2-12-29/h3-8,16,20,24-28,31-34H,1-2,9-15,17H2/t24-,25-,26+,27-,28-/m1/s1. The first-order valence-corrected chi connectivity index (χ1v) is 13.4. The van der Waals surface area contributed by atoms with E-state index in [1.807, 2.05) is 6.07 Å². The van der Waals surface area contributed by atoms with Gasteiger partial charge in [0.25, 0.3) is 0 Å². The SMILES string of the molecule is OC[C@H]1O[C@H](c2ccc(Cl)c(Cc3ccc(C4CCC5(CCCC5)CC4)cc3)c2)[C@H](O)[C@@H](O)[C@@H]1O. The zero-order valence-corrected chi connectivity index (χ0v) is 20.9. The van der Waals surface area contributed by atoms with Crippen molar-refractivity contribution in [3.63, 3.8) is 0 Å². The molecule has 0 bridgehead atoms. The Morgan fingerprint density at radius 1 is 0.829 bits per heavy atom. The molecule has 0 radical (unpaired) electrons. The van der Waals surface area contributed by atoms with Crippen molar-refractivity contribution in [3.8, 4) is 0 Å². The van der Waals surface area contributed by atoms with Gasteiger partial charge in [-0.1, -0.05) is 60.8 Å². The van der Waals surface area contributed by atoms with Crippen LogP contribution in [-0.4, -0.2) is 51.4 Å². The molecule has 0 unspecified atom stereocenters. The second kappa shape index (κ2) is 10.5. The number of ether oxygens (including phenoxy) is 1. The molecule has 2 aromatic carbocycles. The molecule has 2 aromatic rings. The smallest absolute Gasteiger partial charge is 0.113 e. The van der Waals surface area contributed by atoms with Crippen LogP contribution in [0.25, 0.3) is 0 Å². The number of hydrogen-bond donors (Lipinski definition) is 4. The molecule has 5 nitrogen and oxygen atoms in total. The number of benzene rings is 2. The summed E-state index contributed by atoms with van der Waals surface area (Å²) in [6.07, 6.45) is 5.80. The Morgan fingerprint density at radius 3 is 2.14 bits per heavy atom. The average Bonchev–Trinajstić information content (AvgIpc) is 3.33. The van der Waals surface area contributed by atoms with E-state index >= 15 is 0 Å². The van der Waals surface area contributed by atoms with Gasteiger partial charge in [-0.05, 0) is 84.6 Å². The summed E-state index contributed by atoms with van der Waals surface area (Å²) in [4.78, 5) is 0. The minimum atomic E-state index is -1.40. The second-order valence-electron chi connectivity index (χ2n) is 11.0. The minimum absolute atomic E-state index is 0.448. The van der Waals surface area contributed by atoms with Gasteiger partial charge in [0, 0.05) is 5.02 Å². The number of halogens is 1. The van der Waals surface area contributed by atoms with Crippen molar-refractivity contribution >= 4 is 11.6 Å². The zero-order valence-electron chi connectivity index (χ0n) is 20.2. The summed E-state index contributed by atoms with van der Waals surface area (Å²) in [6.45, 7) is -0.448. The van der Waals surface area contributed by atoms with Crippen LogP contribution in [0.1, 0.15) is 85.6 Å². The Morgan fingerprint density at radius 2 is 1.49 bits per heavy atom. The van der Waals surface area contributed by atoms with Crippen LogP contribution in [-0.2, 0) is 11.2 Å². The van der Waals surface area contributed by atoms with Gasteiger partial charge in [0.2, 0.25) is 0 Å². The quantitative estimate of drug-likeness (QED) is 0.479. The van der Waals surface area contributed by atoms with Crippen LogP contribution in [0.4, 0.5) is 0 Å². The number of aliphatic hydroxyl groups excluding tert-OH is 4. The first kappa shape index (κ1) is 25.2. The van der Waals surface area contributed by atoms with Crippen molar-refractivity contribution in [2.45, 2.75) is 94.2 Å². The third-order valence-electron chi connectivity index (χ3n) is 8.85. The molecule has 190 valence electrons. The Bertz CT molecular complexity index is 991. The maximum Gasteiger partial charge on any atom is 0.113 e. The maximum absolute atomic E-state index is 10.5. The summed E-state index contributed by atoms with van der Waals surface area (Å²) in [5.41, 5.74) is 4.79. The molecule has 35 heavy (non-hydrogen) atoms. The van der Waals surface area contributed by atoms with Gasteiger partial charge in [-0.25, -0.2) is 0 Å². The van der Waals surface area contributed by atoms with E-state index in [2.05, 4.69) is 24.3 Å². The number of rotatable bonds is 5. The summed E-state index contributed by atoms with van der Waals surface area (Å²) < 4.78 is 5.73. The molecule has 1 aliphatic heterocycles. The van der Waals surface area contributed by atoms with Gasteiger partial charge < -0.3 is 25.2 Å². The molecule has 0 amide bonds. The van der Waals surface area contributed by atoms with E-state index in [0.29, 0.717) is 28.3 Å². The molecule has 4 N–H and O–H groups in total. The van der Waals surface area contributed by atoms with E-state index < -0.39 is 37.1 Å². The highest BCUT2D eigenvalue weighted by Gasteiger charge is 2.44. The van der Waals surface area contributed by atoms with Crippen molar-refractivity contribution < 1.29 is 25.2 Å². The molecule has 1 saturated heterocycles. The fraction of sp³-hybridized carbons (Fsp3) is 0.586. The van der Waals surface area contributed by atoms with Crippen LogP contribution in [0.15, 0.2) is 42.5 Å². The minimum Gasteiger partial charge on any atom is -0.394 e. The summed E-state index contributed by atoms with van der Waals surface area (Å²) >= 11 is 6.51. The first-order valence-electron chi connectivity index (χ1n) is 13.1. The van der Waals surface area contributed by atoms with Crippen molar-refractivity contribution in [1.82, 2.24) is 0 Å². The van der Waals surface area contributed by atoms with Gasteiger partial charge >= 0.3 is 0 Å². The first-order chi connectivity index (χ1) is 16.9. The van der Waals surface area contributed by atoms with Gasteiger partial charge in [0.05, 0.1) is 6.61 Å². The Kier molecular flexibility index (Phi) is 7.55. The van der Waals surface area contributed by atoms with Crippen molar-refractivity contribution in [2.75, 3.05) is 6.61 Å². The highest BCUT2D eigenvalue weighted by molar-refractivity contribution is 6.31. The van der Waals surface area contributed by atoms with Crippen LogP contribution in [0, 0.1) is 5.41 Å². The van der Waals surface area contributed by atoms with Gasteiger partial charge in [-0.2, -0.15) is 0 Å². The molecular formula is C29H37ClO5. The van der Waals surface area contributed by atoms with Crippen LogP contribution in [0.2, 0.25) is 5.02 Å². The average molecular weight is 501 g/mol. The Balaban J connectivity index is 1.27. The molecule has 3 fully saturated rings. The predicted molar refractivity (Wildman–Crippen MR) is 136 cm³/mol. The third-order valence-corrected chi connectivity index (χ3v) is 9.22. The van der Waals surface area contributed by atoms with Gasteiger partial charge in [-0.3, -0.25) is 0 Å². The maximum atomic E-state index is 10.5. The lowest BCUT2D eigenvalue weighted by molar-refractivity contribution is -0.231.